The minimum atomic E-state index is -4.70. The molecule has 0 N–H and O–H groups in total. The van der Waals surface area contributed by atoms with Crippen LogP contribution in [0.1, 0.15) is 25.0 Å². The monoisotopic (exact) mass is 337 g/mol. The molecule has 0 aliphatic heterocycles. The lowest BCUT2D eigenvalue weighted by Gasteiger charge is -2.12. The first kappa shape index (κ1) is 17.8. The van der Waals surface area contributed by atoms with Gasteiger partial charge in [0, 0.05) is 17.3 Å². The molecule has 4 nitrogen and oxygen atoms in total. The maximum atomic E-state index is 12.3. The van der Waals surface area contributed by atoms with Crippen LogP contribution in [-0.4, -0.2) is 21.0 Å². The van der Waals surface area contributed by atoms with Gasteiger partial charge in [0.05, 0.1) is 11.9 Å². The number of aryl methyl sites for hydroxylation is 2. The minimum absolute atomic E-state index is 0.210. The lowest BCUT2D eigenvalue weighted by molar-refractivity contribution is -0.274. The summed E-state index contributed by atoms with van der Waals surface area (Å²) in [6.45, 7) is 7.46. The molecule has 0 aliphatic rings. The molecule has 0 unspecified atom stereocenters. The number of alkyl halides is 3. The third-order valence-corrected chi connectivity index (χ3v) is 3.24. The highest BCUT2D eigenvalue weighted by Gasteiger charge is 2.31. The van der Waals surface area contributed by atoms with Crippen molar-refractivity contribution in [2.24, 2.45) is 0 Å². The van der Waals surface area contributed by atoms with Crippen LogP contribution < -0.4 is 4.74 Å². The minimum Gasteiger partial charge on any atom is -0.406 e. The quantitative estimate of drug-likeness (QED) is 0.665. The molecule has 0 bridgehead atoms. The summed E-state index contributed by atoms with van der Waals surface area (Å²) in [4.78, 5) is 4.49. The van der Waals surface area contributed by atoms with E-state index in [2.05, 4.69) is 14.8 Å². The number of hydrogen-bond acceptors (Lipinski definition) is 3. The molecule has 7 heteroatoms. The molecular weight excluding hydrogens is 319 g/mol. The van der Waals surface area contributed by atoms with Crippen LogP contribution in [0.15, 0.2) is 36.7 Å². The second kappa shape index (κ2) is 6.90. The van der Waals surface area contributed by atoms with E-state index in [9.17, 15) is 13.2 Å². The molecule has 1 aromatic carbocycles. The first-order chi connectivity index (χ1) is 11.3. The molecule has 0 fully saturated rings. The number of aromatic nitrogens is 3. The number of halogens is 3. The van der Waals surface area contributed by atoms with Crippen molar-refractivity contribution in [1.82, 2.24) is 14.6 Å². The van der Waals surface area contributed by atoms with E-state index >= 15 is 0 Å². The highest BCUT2D eigenvalue weighted by molar-refractivity contribution is 5.64. The van der Waals surface area contributed by atoms with Crippen molar-refractivity contribution in [2.45, 2.75) is 34.1 Å². The molecule has 2 heterocycles. The van der Waals surface area contributed by atoms with E-state index in [1.54, 1.807) is 42.0 Å². The van der Waals surface area contributed by atoms with Gasteiger partial charge in [0.2, 0.25) is 0 Å². The molecule has 0 atom stereocenters. The van der Waals surface area contributed by atoms with Gasteiger partial charge in [0.15, 0.2) is 5.65 Å². The van der Waals surface area contributed by atoms with Gasteiger partial charge in [0.1, 0.15) is 5.75 Å². The highest BCUT2D eigenvalue weighted by atomic mass is 19.4. The Bertz CT molecular complexity index is 841. The number of fused-ring (bicyclic) bond motifs is 1. The topological polar surface area (TPSA) is 39.4 Å². The first-order valence-electron chi connectivity index (χ1n) is 7.51. The summed E-state index contributed by atoms with van der Waals surface area (Å²) in [5.41, 5.74) is 3.41. The molecule has 3 aromatic rings. The summed E-state index contributed by atoms with van der Waals surface area (Å²) in [6.07, 6.45) is -1.23. The Morgan fingerprint density at radius 2 is 1.75 bits per heavy atom. The molecule has 0 amide bonds. The van der Waals surface area contributed by atoms with Crippen LogP contribution in [0.4, 0.5) is 13.2 Å². The van der Waals surface area contributed by atoms with Crippen molar-refractivity contribution < 1.29 is 17.9 Å². The lowest BCUT2D eigenvalue weighted by Crippen LogP contribution is -2.17. The van der Waals surface area contributed by atoms with Gasteiger partial charge in [-0.2, -0.15) is 5.10 Å². The van der Waals surface area contributed by atoms with Crippen LogP contribution in [0.25, 0.3) is 16.9 Å². The van der Waals surface area contributed by atoms with E-state index in [-0.39, 0.29) is 5.75 Å². The Hall–Kier alpha value is -2.57. The number of hydrogen-bond donors (Lipinski definition) is 0. The van der Waals surface area contributed by atoms with E-state index in [1.807, 2.05) is 20.8 Å². The molecule has 0 spiro atoms. The van der Waals surface area contributed by atoms with Gasteiger partial charge in [-0.25, -0.2) is 9.50 Å². The molecular formula is C17H18F3N3O. The van der Waals surface area contributed by atoms with E-state index in [4.69, 9.17) is 0 Å². The fraction of sp³-hybridized carbons (Fsp3) is 0.294. The van der Waals surface area contributed by atoms with E-state index in [1.165, 1.54) is 6.07 Å². The molecule has 0 aliphatic carbocycles. The predicted octanol–water partition coefficient (Wildman–Crippen LogP) is 4.94. The van der Waals surface area contributed by atoms with Gasteiger partial charge in [-0.1, -0.05) is 13.8 Å². The molecule has 0 saturated carbocycles. The van der Waals surface area contributed by atoms with Gasteiger partial charge >= 0.3 is 6.36 Å². The van der Waals surface area contributed by atoms with Crippen LogP contribution in [0, 0.1) is 13.8 Å². The van der Waals surface area contributed by atoms with Gasteiger partial charge in [-0.15, -0.1) is 13.2 Å². The van der Waals surface area contributed by atoms with E-state index in [0.717, 1.165) is 11.1 Å². The standard InChI is InChI=1S/C15H12F3N3O.C2H6/c1-9-7-11(3-4-13(9)22-15(16,17)18)12-5-6-21-14(20-12)10(2)8-19-21;1-2/h3-8H,1-2H3;1-2H3. The first-order valence-corrected chi connectivity index (χ1v) is 7.51. The van der Waals surface area contributed by atoms with Crippen LogP contribution in [0.3, 0.4) is 0 Å². The van der Waals surface area contributed by atoms with Gasteiger partial charge in [-0.05, 0) is 43.7 Å². The van der Waals surface area contributed by atoms with Crippen molar-refractivity contribution in [3.8, 4) is 17.0 Å². The molecule has 0 saturated heterocycles. The maximum absolute atomic E-state index is 12.3. The Morgan fingerprint density at radius 1 is 1.04 bits per heavy atom. The number of rotatable bonds is 2. The molecule has 0 radical (unpaired) electrons. The normalized spacial score (nSPS) is 11.1. The summed E-state index contributed by atoms with van der Waals surface area (Å²) >= 11 is 0. The average Bonchev–Trinajstić information content (AvgIpc) is 2.91. The Labute approximate surface area is 137 Å². The van der Waals surface area contributed by atoms with Crippen LogP contribution in [0.5, 0.6) is 5.75 Å². The summed E-state index contributed by atoms with van der Waals surface area (Å²) in [7, 11) is 0. The number of ether oxygens (including phenoxy) is 1. The van der Waals surface area contributed by atoms with Crippen molar-refractivity contribution in [3.05, 3.63) is 47.8 Å². The largest absolute Gasteiger partial charge is 0.573 e. The summed E-state index contributed by atoms with van der Waals surface area (Å²) in [6, 6.07) is 6.23. The van der Waals surface area contributed by atoms with Crippen LogP contribution in [0.2, 0.25) is 0 Å². The van der Waals surface area contributed by atoms with Crippen molar-refractivity contribution in [1.29, 1.82) is 0 Å². The third kappa shape index (κ3) is 3.84. The Morgan fingerprint density at radius 3 is 2.38 bits per heavy atom. The average molecular weight is 337 g/mol. The molecule has 2 aromatic heterocycles. The summed E-state index contributed by atoms with van der Waals surface area (Å²) in [5.74, 6) is -0.210. The second-order valence-electron chi connectivity index (χ2n) is 4.94. The van der Waals surface area contributed by atoms with E-state index in [0.29, 0.717) is 16.9 Å². The Kier molecular flexibility index (Phi) is 5.11. The molecule has 128 valence electrons. The maximum Gasteiger partial charge on any atom is 0.573 e. The van der Waals surface area contributed by atoms with E-state index < -0.39 is 6.36 Å². The zero-order valence-corrected chi connectivity index (χ0v) is 13.8. The summed E-state index contributed by atoms with van der Waals surface area (Å²) < 4.78 is 42.5. The third-order valence-electron chi connectivity index (χ3n) is 3.24. The van der Waals surface area contributed by atoms with Crippen LogP contribution >= 0.6 is 0 Å². The Balaban J connectivity index is 0.00000100. The zero-order valence-electron chi connectivity index (χ0n) is 13.8. The van der Waals surface area contributed by atoms with Gasteiger partial charge < -0.3 is 4.74 Å². The van der Waals surface area contributed by atoms with Crippen LogP contribution in [-0.2, 0) is 0 Å². The van der Waals surface area contributed by atoms with Crippen molar-refractivity contribution >= 4 is 5.65 Å². The fourth-order valence-electron chi connectivity index (χ4n) is 2.19. The van der Waals surface area contributed by atoms with Gasteiger partial charge in [0.25, 0.3) is 0 Å². The molecule has 24 heavy (non-hydrogen) atoms. The smallest absolute Gasteiger partial charge is 0.406 e. The van der Waals surface area contributed by atoms with Crippen molar-refractivity contribution in [2.75, 3.05) is 0 Å². The number of nitrogens with zero attached hydrogens (tertiary/aromatic N) is 3. The fourth-order valence-corrected chi connectivity index (χ4v) is 2.19. The SMILES string of the molecule is CC.Cc1cc(-c2ccn3ncc(C)c3n2)ccc1OC(F)(F)F. The van der Waals surface area contributed by atoms with Gasteiger partial charge in [-0.3, -0.25) is 0 Å². The van der Waals surface area contributed by atoms with Crippen molar-refractivity contribution in [3.63, 3.8) is 0 Å². The molecule has 3 rings (SSSR count). The number of benzene rings is 1. The zero-order chi connectivity index (χ0) is 17.9. The summed E-state index contributed by atoms with van der Waals surface area (Å²) in [5, 5.41) is 4.13. The lowest BCUT2D eigenvalue weighted by atomic mass is 10.1. The predicted molar refractivity (Wildman–Crippen MR) is 85.9 cm³/mol. The highest BCUT2D eigenvalue weighted by Crippen LogP contribution is 2.29. The second-order valence-corrected chi connectivity index (χ2v) is 4.94.